The van der Waals surface area contributed by atoms with E-state index in [1.165, 1.54) is 6.07 Å². The quantitative estimate of drug-likeness (QED) is 0.388. The molecule has 0 radical (unpaired) electrons. The van der Waals surface area contributed by atoms with Gasteiger partial charge in [-0.05, 0) is 25.5 Å². The summed E-state index contributed by atoms with van der Waals surface area (Å²) >= 11 is 0. The summed E-state index contributed by atoms with van der Waals surface area (Å²) in [6.07, 6.45) is 2.26. The minimum absolute atomic E-state index is 0.0128. The van der Waals surface area contributed by atoms with Gasteiger partial charge in [0.2, 0.25) is 0 Å². The summed E-state index contributed by atoms with van der Waals surface area (Å²) in [4.78, 5) is 18.6. The fraction of sp³-hybridized carbons (Fsp3) is 0.529. The molecule has 0 atom stereocenters. The van der Waals surface area contributed by atoms with Gasteiger partial charge in [-0.25, -0.2) is 0 Å². The third kappa shape index (κ3) is 6.59. The summed E-state index contributed by atoms with van der Waals surface area (Å²) < 4.78 is 0. The molecule has 0 bridgehead atoms. The molecule has 0 aliphatic rings. The summed E-state index contributed by atoms with van der Waals surface area (Å²) in [6, 6.07) is 6.50. The van der Waals surface area contributed by atoms with E-state index in [1.54, 1.807) is 18.2 Å². The summed E-state index contributed by atoms with van der Waals surface area (Å²) in [7, 11) is 2.01. The molecule has 0 aliphatic heterocycles. The van der Waals surface area contributed by atoms with Gasteiger partial charge in [-0.15, -0.1) is 0 Å². The predicted molar refractivity (Wildman–Crippen MR) is 94.0 cm³/mol. The molecule has 6 heteroatoms. The van der Waals surface area contributed by atoms with Gasteiger partial charge >= 0.3 is 0 Å². The number of unbranched alkanes of at least 4 members (excludes halogenated alkanes) is 1. The van der Waals surface area contributed by atoms with Crippen LogP contribution >= 0.6 is 0 Å². The van der Waals surface area contributed by atoms with Crippen LogP contribution in [0.3, 0.4) is 0 Å². The molecule has 128 valence electrons. The van der Waals surface area contributed by atoms with E-state index in [4.69, 9.17) is 0 Å². The molecule has 1 aromatic carbocycles. The maximum absolute atomic E-state index is 12.0. The van der Waals surface area contributed by atoms with Crippen molar-refractivity contribution in [2.45, 2.75) is 26.7 Å². The highest BCUT2D eigenvalue weighted by molar-refractivity contribution is 5.96. The van der Waals surface area contributed by atoms with Crippen molar-refractivity contribution >= 4 is 11.9 Å². The first kappa shape index (κ1) is 18.8. The number of amides is 1. The lowest BCUT2D eigenvalue weighted by atomic mass is 10.2. The number of carbonyl (C=O) groups excluding carboxylic acids is 1. The number of phenolic OH excluding ortho intramolecular Hbond substituents is 1. The maximum atomic E-state index is 12.0. The third-order valence-electron chi connectivity index (χ3n) is 3.35. The summed E-state index contributed by atoms with van der Waals surface area (Å²) in [5.74, 6) is 0.543. The van der Waals surface area contributed by atoms with E-state index in [0.29, 0.717) is 13.1 Å². The Hall–Kier alpha value is -2.24. The van der Waals surface area contributed by atoms with Crippen molar-refractivity contribution in [3.8, 4) is 5.75 Å². The molecular weight excluding hydrogens is 292 g/mol. The van der Waals surface area contributed by atoms with E-state index in [9.17, 15) is 9.90 Å². The number of hydrogen-bond donors (Lipinski definition) is 3. The SMILES string of the molecule is CCCCN(C)C(=NCCNC(=O)c1ccccc1O)NCC. The zero-order valence-electron chi connectivity index (χ0n) is 14.3. The zero-order chi connectivity index (χ0) is 17.1. The van der Waals surface area contributed by atoms with Crippen molar-refractivity contribution in [1.29, 1.82) is 0 Å². The van der Waals surface area contributed by atoms with Crippen molar-refractivity contribution < 1.29 is 9.90 Å². The van der Waals surface area contributed by atoms with Crippen LogP contribution in [0.25, 0.3) is 0 Å². The zero-order valence-corrected chi connectivity index (χ0v) is 14.3. The predicted octanol–water partition coefficient (Wildman–Crippen LogP) is 1.82. The second-order valence-corrected chi connectivity index (χ2v) is 5.28. The Balaban J connectivity index is 2.48. The van der Waals surface area contributed by atoms with Crippen molar-refractivity contribution in [3.05, 3.63) is 29.8 Å². The van der Waals surface area contributed by atoms with Crippen LogP contribution in [-0.2, 0) is 0 Å². The molecule has 1 amide bonds. The molecular formula is C17H28N4O2. The third-order valence-corrected chi connectivity index (χ3v) is 3.35. The number of hydrogen-bond acceptors (Lipinski definition) is 3. The highest BCUT2D eigenvalue weighted by atomic mass is 16.3. The van der Waals surface area contributed by atoms with Crippen LogP contribution in [0.15, 0.2) is 29.3 Å². The Labute approximate surface area is 138 Å². The number of phenols is 1. The average molecular weight is 320 g/mol. The highest BCUT2D eigenvalue weighted by Gasteiger charge is 2.09. The van der Waals surface area contributed by atoms with Crippen molar-refractivity contribution in [1.82, 2.24) is 15.5 Å². The van der Waals surface area contributed by atoms with Crippen molar-refractivity contribution in [2.75, 3.05) is 33.2 Å². The first-order valence-electron chi connectivity index (χ1n) is 8.15. The number of aromatic hydroxyl groups is 1. The van der Waals surface area contributed by atoms with Gasteiger partial charge in [0.1, 0.15) is 5.75 Å². The van der Waals surface area contributed by atoms with E-state index in [-0.39, 0.29) is 17.2 Å². The molecule has 1 aromatic rings. The van der Waals surface area contributed by atoms with Crippen molar-refractivity contribution in [3.63, 3.8) is 0 Å². The Bertz CT molecular complexity index is 517. The van der Waals surface area contributed by atoms with Crippen LogP contribution in [-0.4, -0.2) is 55.1 Å². The van der Waals surface area contributed by atoms with Gasteiger partial charge in [-0.2, -0.15) is 0 Å². The van der Waals surface area contributed by atoms with Gasteiger partial charge < -0.3 is 20.6 Å². The van der Waals surface area contributed by atoms with Crippen LogP contribution in [0, 0.1) is 0 Å². The number of benzene rings is 1. The summed E-state index contributed by atoms with van der Waals surface area (Å²) in [6.45, 7) is 6.85. The molecule has 1 rings (SSSR count). The number of aliphatic imine (C=N–C) groups is 1. The average Bonchev–Trinajstić information content (AvgIpc) is 2.55. The van der Waals surface area contributed by atoms with E-state index in [1.807, 2.05) is 14.0 Å². The number of para-hydroxylation sites is 1. The van der Waals surface area contributed by atoms with E-state index in [0.717, 1.165) is 31.9 Å². The second kappa shape index (κ2) is 10.5. The van der Waals surface area contributed by atoms with Gasteiger partial charge in [0.25, 0.3) is 5.91 Å². The Morgan fingerprint density at radius 3 is 2.65 bits per heavy atom. The molecule has 0 saturated heterocycles. The molecule has 0 aromatic heterocycles. The van der Waals surface area contributed by atoms with Gasteiger partial charge in [-0.1, -0.05) is 25.5 Å². The summed E-state index contributed by atoms with van der Waals surface area (Å²) in [5.41, 5.74) is 0.281. The standard InChI is InChI=1S/C17H28N4O2/c1-4-6-13-21(3)17(18-5-2)20-12-11-19-16(23)14-9-7-8-10-15(14)22/h7-10,22H,4-6,11-13H2,1-3H3,(H,18,20)(H,19,23). The fourth-order valence-corrected chi connectivity index (χ4v) is 2.06. The van der Waals surface area contributed by atoms with E-state index >= 15 is 0 Å². The lowest BCUT2D eigenvalue weighted by Gasteiger charge is -2.21. The normalized spacial score (nSPS) is 11.2. The molecule has 0 spiro atoms. The Morgan fingerprint density at radius 2 is 2.00 bits per heavy atom. The Kier molecular flexibility index (Phi) is 8.57. The smallest absolute Gasteiger partial charge is 0.255 e. The lowest BCUT2D eigenvalue weighted by Crippen LogP contribution is -2.40. The molecule has 6 nitrogen and oxygen atoms in total. The molecule has 3 N–H and O–H groups in total. The molecule has 0 heterocycles. The first-order chi connectivity index (χ1) is 11.1. The molecule has 0 unspecified atom stereocenters. The van der Waals surface area contributed by atoms with Crippen LogP contribution in [0.1, 0.15) is 37.0 Å². The Morgan fingerprint density at radius 1 is 1.26 bits per heavy atom. The summed E-state index contributed by atoms with van der Waals surface area (Å²) in [5, 5.41) is 15.7. The van der Waals surface area contributed by atoms with Gasteiger partial charge in [-0.3, -0.25) is 9.79 Å². The van der Waals surface area contributed by atoms with Crippen LogP contribution in [0.2, 0.25) is 0 Å². The molecule has 0 fully saturated rings. The van der Waals surface area contributed by atoms with Gasteiger partial charge in [0.05, 0.1) is 12.1 Å². The van der Waals surface area contributed by atoms with Gasteiger partial charge in [0.15, 0.2) is 5.96 Å². The number of carbonyl (C=O) groups is 1. The van der Waals surface area contributed by atoms with E-state index < -0.39 is 0 Å². The second-order valence-electron chi connectivity index (χ2n) is 5.28. The van der Waals surface area contributed by atoms with Crippen LogP contribution < -0.4 is 10.6 Å². The first-order valence-corrected chi connectivity index (χ1v) is 8.15. The maximum Gasteiger partial charge on any atom is 0.255 e. The minimum atomic E-state index is -0.289. The number of nitrogens with zero attached hydrogens (tertiary/aromatic N) is 2. The number of rotatable bonds is 8. The molecule has 0 saturated carbocycles. The van der Waals surface area contributed by atoms with Crippen LogP contribution in [0.5, 0.6) is 5.75 Å². The van der Waals surface area contributed by atoms with Gasteiger partial charge in [0, 0.05) is 26.7 Å². The minimum Gasteiger partial charge on any atom is -0.507 e. The highest BCUT2D eigenvalue weighted by Crippen LogP contribution is 2.14. The lowest BCUT2D eigenvalue weighted by molar-refractivity contribution is 0.0952. The van der Waals surface area contributed by atoms with Crippen molar-refractivity contribution in [2.24, 2.45) is 4.99 Å². The molecule has 23 heavy (non-hydrogen) atoms. The fourth-order valence-electron chi connectivity index (χ4n) is 2.06. The number of nitrogens with one attached hydrogen (secondary N) is 2. The molecule has 0 aliphatic carbocycles. The largest absolute Gasteiger partial charge is 0.507 e. The van der Waals surface area contributed by atoms with E-state index in [2.05, 4.69) is 27.4 Å². The number of guanidine groups is 1. The van der Waals surface area contributed by atoms with Crippen LogP contribution in [0.4, 0.5) is 0 Å². The monoisotopic (exact) mass is 320 g/mol. The topological polar surface area (TPSA) is 77.0 Å².